The third-order valence-electron chi connectivity index (χ3n) is 5.14. The topological polar surface area (TPSA) is 132 Å². The van der Waals surface area contributed by atoms with Gasteiger partial charge >= 0.3 is 88.7 Å². The second-order valence-electron chi connectivity index (χ2n) is 7.62. The fraction of sp³-hybridized carbons (Fsp3) is 0.609. The number of aromatic carboxylic acids is 3. The number of rotatable bonds is 17. The fourth-order valence-electron chi connectivity index (χ4n) is 3.48. The monoisotopic (exact) mass is 487 g/mol. The van der Waals surface area contributed by atoms with Crippen LogP contribution in [0.1, 0.15) is 115 Å². The van der Waals surface area contributed by atoms with E-state index in [1.54, 1.807) is 0 Å². The number of anilines is 1. The molecule has 0 spiro atoms. The van der Waals surface area contributed by atoms with Crippen molar-refractivity contribution in [3.05, 3.63) is 28.8 Å². The molecule has 0 atom stereocenters. The van der Waals surface area contributed by atoms with Gasteiger partial charge in [-0.05, 0) is 18.6 Å². The first-order valence-corrected chi connectivity index (χ1v) is 10.9. The quantitative estimate of drug-likeness (QED) is 0.171. The predicted molar refractivity (Wildman–Crippen MR) is 109 cm³/mol. The van der Waals surface area contributed by atoms with E-state index in [0.717, 1.165) is 31.4 Å². The van der Waals surface area contributed by atoms with Crippen LogP contribution in [0.3, 0.4) is 0 Å². The Kier molecular flexibility index (Phi) is 26.3. The molecule has 0 saturated heterocycles. The van der Waals surface area contributed by atoms with Crippen LogP contribution in [0.4, 0.5) is 5.69 Å². The fourth-order valence-corrected chi connectivity index (χ4v) is 3.48. The van der Waals surface area contributed by atoms with E-state index < -0.39 is 34.6 Å². The maximum Gasteiger partial charge on any atom is 1.00 e. The normalized spacial score (nSPS) is 9.73. The third kappa shape index (κ3) is 15.9. The smallest absolute Gasteiger partial charge is 0.545 e. The molecule has 0 heterocycles. The van der Waals surface area contributed by atoms with Gasteiger partial charge in [0.1, 0.15) is 0 Å². The van der Waals surface area contributed by atoms with E-state index in [1.807, 2.05) is 0 Å². The Morgan fingerprint density at radius 1 is 0.636 bits per heavy atom. The Morgan fingerprint density at radius 3 is 1.33 bits per heavy atom. The zero-order valence-corrected chi connectivity index (χ0v) is 26.8. The molecule has 0 aliphatic rings. The summed E-state index contributed by atoms with van der Waals surface area (Å²) in [6.07, 6.45) is 14.5. The summed E-state index contributed by atoms with van der Waals surface area (Å²) in [7, 11) is 0. The molecule has 1 rings (SSSR count). The van der Waals surface area contributed by atoms with Gasteiger partial charge in [0, 0.05) is 28.9 Å². The van der Waals surface area contributed by atoms with E-state index in [2.05, 4.69) is 12.2 Å². The van der Waals surface area contributed by atoms with Gasteiger partial charge in [-0.1, -0.05) is 77.6 Å². The second-order valence-corrected chi connectivity index (χ2v) is 7.62. The molecule has 10 heteroatoms. The molecular weight excluding hydrogens is 455 g/mol. The molecule has 1 aromatic carbocycles. The van der Waals surface area contributed by atoms with Crippen LogP contribution < -0.4 is 109 Å². The van der Waals surface area contributed by atoms with Crippen molar-refractivity contribution in [2.45, 2.75) is 84.0 Å². The summed E-state index contributed by atoms with van der Waals surface area (Å²) in [6, 6.07) is 2.10. The molecule has 0 aliphatic carbocycles. The van der Waals surface area contributed by atoms with E-state index in [9.17, 15) is 29.7 Å². The van der Waals surface area contributed by atoms with Crippen molar-refractivity contribution in [1.82, 2.24) is 0 Å². The van der Waals surface area contributed by atoms with Gasteiger partial charge in [-0.15, -0.1) is 0 Å². The minimum Gasteiger partial charge on any atom is -0.545 e. The van der Waals surface area contributed by atoms with Gasteiger partial charge in [-0.25, -0.2) is 0 Å². The molecule has 0 radical (unpaired) electrons. The number of carboxylic acids is 3. The molecule has 0 unspecified atom stereocenters. The summed E-state index contributed by atoms with van der Waals surface area (Å²) >= 11 is 0. The minimum atomic E-state index is -1.90. The van der Waals surface area contributed by atoms with Crippen LogP contribution in [0, 0.1) is 0 Å². The summed E-state index contributed by atoms with van der Waals surface area (Å²) in [5.74, 6) is -5.47. The van der Waals surface area contributed by atoms with E-state index in [1.165, 1.54) is 57.8 Å². The van der Waals surface area contributed by atoms with Crippen LogP contribution in [0.25, 0.3) is 0 Å². The van der Waals surface area contributed by atoms with Crippen molar-refractivity contribution >= 4 is 23.6 Å². The van der Waals surface area contributed by atoms with Crippen LogP contribution in [0.5, 0.6) is 0 Å². The van der Waals surface area contributed by atoms with Crippen LogP contribution in [-0.4, -0.2) is 24.5 Å². The molecular formula is C23H32NNa3O6. The van der Waals surface area contributed by atoms with E-state index >= 15 is 0 Å². The molecule has 0 saturated carbocycles. The number of unbranched alkanes of at least 4 members (excludes halogenated alkanes) is 11. The van der Waals surface area contributed by atoms with Crippen LogP contribution in [0.15, 0.2) is 12.1 Å². The van der Waals surface area contributed by atoms with Crippen molar-refractivity contribution in [2.24, 2.45) is 0 Å². The Labute approximate surface area is 263 Å². The Bertz CT molecular complexity index is 680. The van der Waals surface area contributed by atoms with Gasteiger partial charge in [0.15, 0.2) is 0 Å². The molecule has 168 valence electrons. The van der Waals surface area contributed by atoms with E-state index in [4.69, 9.17) is 0 Å². The molecule has 0 aromatic heterocycles. The maximum atomic E-state index is 11.2. The standard InChI is InChI=1S/C23H35NO6.3Na/c1-2-3-4-5-6-7-8-9-10-11-12-13-14-24-17-15-18(21(25)26)20(23(29)30)19(16-17)22(27)28;;;/h15-16,24H,2-14H2,1H3,(H,25,26)(H,27,28)(H,29,30);;;/q;3*+1/p-3. The minimum absolute atomic E-state index is 0. The zero-order valence-electron chi connectivity index (χ0n) is 20.8. The number of nitrogens with one attached hydrogen (secondary N) is 1. The van der Waals surface area contributed by atoms with Crippen molar-refractivity contribution in [3.63, 3.8) is 0 Å². The molecule has 0 aliphatic heterocycles. The molecule has 0 bridgehead atoms. The largest absolute Gasteiger partial charge is 1.00 e. The zero-order chi connectivity index (χ0) is 22.4. The van der Waals surface area contributed by atoms with Crippen molar-refractivity contribution in [2.75, 3.05) is 11.9 Å². The van der Waals surface area contributed by atoms with Gasteiger partial charge in [0.05, 0.1) is 17.9 Å². The predicted octanol–water partition coefficient (Wildman–Crippen LogP) is -7.10. The average molecular weight is 487 g/mol. The Hall–Kier alpha value is 0.430. The second kappa shape index (κ2) is 22.9. The molecule has 33 heavy (non-hydrogen) atoms. The summed E-state index contributed by atoms with van der Waals surface area (Å²) < 4.78 is 0. The first kappa shape index (κ1) is 38.0. The average Bonchev–Trinajstić information content (AvgIpc) is 2.70. The number of carbonyl (C=O) groups excluding carboxylic acids is 3. The summed E-state index contributed by atoms with van der Waals surface area (Å²) in [5.41, 5.74) is -2.23. The van der Waals surface area contributed by atoms with Gasteiger partial charge in [-0.3, -0.25) is 0 Å². The van der Waals surface area contributed by atoms with Crippen molar-refractivity contribution in [3.8, 4) is 0 Å². The van der Waals surface area contributed by atoms with E-state index in [0.29, 0.717) is 6.54 Å². The summed E-state index contributed by atoms with van der Waals surface area (Å²) in [5, 5.41) is 36.5. The van der Waals surface area contributed by atoms with Crippen LogP contribution in [-0.2, 0) is 0 Å². The summed E-state index contributed by atoms with van der Waals surface area (Å²) in [4.78, 5) is 33.5. The molecule has 0 fully saturated rings. The van der Waals surface area contributed by atoms with Crippen molar-refractivity contribution < 1.29 is 118 Å². The van der Waals surface area contributed by atoms with Crippen molar-refractivity contribution in [1.29, 1.82) is 0 Å². The van der Waals surface area contributed by atoms with E-state index in [-0.39, 0.29) is 94.4 Å². The maximum absolute atomic E-state index is 11.2. The van der Waals surface area contributed by atoms with Gasteiger partial charge in [0.25, 0.3) is 0 Å². The first-order chi connectivity index (χ1) is 14.4. The Balaban J connectivity index is -0.00000300. The number of hydrogen-bond acceptors (Lipinski definition) is 7. The van der Waals surface area contributed by atoms with Gasteiger partial charge in [0.2, 0.25) is 0 Å². The molecule has 7 nitrogen and oxygen atoms in total. The third-order valence-corrected chi connectivity index (χ3v) is 5.14. The summed E-state index contributed by atoms with van der Waals surface area (Å²) in [6.45, 7) is 2.74. The van der Waals surface area contributed by atoms with Crippen LogP contribution in [0.2, 0.25) is 0 Å². The SMILES string of the molecule is CCCCCCCCCCCCCCNc1cc(C(=O)[O-])c(C(=O)[O-])c(C(=O)[O-])c1.[Na+].[Na+].[Na+]. The first-order valence-electron chi connectivity index (χ1n) is 10.9. The number of benzene rings is 1. The molecule has 0 amide bonds. The number of hydrogen-bond donors (Lipinski definition) is 1. The molecule has 1 aromatic rings. The number of carbonyl (C=O) groups is 3. The number of carboxylic acid groups (broad SMARTS) is 3. The molecule has 1 N–H and O–H groups in total. The van der Waals surface area contributed by atoms with Gasteiger partial charge in [-0.2, -0.15) is 0 Å². The Morgan fingerprint density at radius 2 is 1.00 bits per heavy atom. The van der Waals surface area contributed by atoms with Gasteiger partial charge < -0.3 is 35.0 Å². The van der Waals surface area contributed by atoms with Crippen LogP contribution >= 0.6 is 0 Å².